The molecule has 1 aromatic heterocycles. The van der Waals surface area contributed by atoms with Gasteiger partial charge in [-0.2, -0.15) is 0 Å². The lowest BCUT2D eigenvalue weighted by molar-refractivity contribution is 0.0939. The highest BCUT2D eigenvalue weighted by atomic mass is 32.2. The fourth-order valence-corrected chi connectivity index (χ4v) is 3.48. The Morgan fingerprint density at radius 1 is 0.966 bits per heavy atom. The number of hydrogen-bond donors (Lipinski definition) is 2. The Kier molecular flexibility index (Phi) is 6.41. The van der Waals surface area contributed by atoms with Gasteiger partial charge in [-0.1, -0.05) is 36.4 Å². The van der Waals surface area contributed by atoms with E-state index in [-0.39, 0.29) is 11.9 Å². The Balaban J connectivity index is 1.62. The average Bonchev–Trinajstić information content (AvgIpc) is 2.74. The third-order valence-electron chi connectivity index (χ3n) is 4.13. The van der Waals surface area contributed by atoms with Gasteiger partial charge < -0.3 is 5.32 Å². The van der Waals surface area contributed by atoms with Crippen LogP contribution in [0.1, 0.15) is 34.6 Å². The molecule has 0 fully saturated rings. The van der Waals surface area contributed by atoms with Gasteiger partial charge in [-0.05, 0) is 55.0 Å². The number of hydrogen-bond acceptors (Lipinski definition) is 4. The van der Waals surface area contributed by atoms with Crippen molar-refractivity contribution in [3.05, 3.63) is 101 Å². The summed E-state index contributed by atoms with van der Waals surface area (Å²) in [6, 6.07) is 20.6. The number of carbonyl (C=O) groups is 1. The van der Waals surface area contributed by atoms with Crippen LogP contribution >= 0.6 is 0 Å². The zero-order valence-electron chi connectivity index (χ0n) is 15.8. The number of amides is 1. The molecule has 3 aromatic rings. The Hall–Kier alpha value is -3.45. The summed E-state index contributed by atoms with van der Waals surface area (Å²) in [6.07, 6.45) is 3.19. The first-order chi connectivity index (χ1) is 13.9. The number of anilines is 1. The van der Waals surface area contributed by atoms with Gasteiger partial charge in [0.1, 0.15) is 0 Å². The highest BCUT2D eigenvalue weighted by Crippen LogP contribution is 2.15. The van der Waals surface area contributed by atoms with Gasteiger partial charge in [0.15, 0.2) is 0 Å². The van der Waals surface area contributed by atoms with E-state index in [0.717, 1.165) is 16.7 Å². The largest absolute Gasteiger partial charge is 0.344 e. The van der Waals surface area contributed by atoms with Crippen molar-refractivity contribution in [3.8, 4) is 0 Å². The van der Waals surface area contributed by atoms with Crippen molar-refractivity contribution in [2.75, 3.05) is 4.72 Å². The Morgan fingerprint density at radius 2 is 1.66 bits per heavy atom. The summed E-state index contributed by atoms with van der Waals surface area (Å²) in [7, 11) is -3.66. The molecule has 0 saturated heterocycles. The highest BCUT2D eigenvalue weighted by Gasteiger charge is 2.13. The average molecular weight is 407 g/mol. The minimum absolute atomic E-state index is 0.245. The van der Waals surface area contributed by atoms with Crippen LogP contribution < -0.4 is 10.0 Å². The lowest BCUT2D eigenvalue weighted by atomic mass is 10.1. The van der Waals surface area contributed by atoms with Gasteiger partial charge in [-0.3, -0.25) is 14.5 Å². The minimum Gasteiger partial charge on any atom is -0.344 e. The predicted molar refractivity (Wildman–Crippen MR) is 115 cm³/mol. The standard InChI is InChI=1S/C22H21N3O3S/c1-17(21-9-5-6-15-23-21)24-22(26)19-10-12-20(13-11-19)25-29(27,28)16-14-18-7-3-2-4-8-18/h2-17,25H,1H3,(H,24,26)/b16-14+. The predicted octanol–water partition coefficient (Wildman–Crippen LogP) is 3.99. The second-order valence-corrected chi connectivity index (χ2v) is 7.95. The lowest BCUT2D eigenvalue weighted by Gasteiger charge is -2.13. The van der Waals surface area contributed by atoms with Crippen LogP contribution in [0.2, 0.25) is 0 Å². The minimum atomic E-state index is -3.66. The molecule has 0 aliphatic heterocycles. The van der Waals surface area contributed by atoms with Gasteiger partial charge in [-0.15, -0.1) is 0 Å². The molecule has 29 heavy (non-hydrogen) atoms. The summed E-state index contributed by atoms with van der Waals surface area (Å²) in [4.78, 5) is 16.6. The summed E-state index contributed by atoms with van der Waals surface area (Å²) < 4.78 is 26.9. The zero-order chi connectivity index (χ0) is 20.7. The number of benzene rings is 2. The van der Waals surface area contributed by atoms with Crippen LogP contribution in [0.3, 0.4) is 0 Å². The van der Waals surface area contributed by atoms with E-state index in [9.17, 15) is 13.2 Å². The first kappa shape index (κ1) is 20.3. The summed E-state index contributed by atoms with van der Waals surface area (Å²) in [6.45, 7) is 1.85. The van der Waals surface area contributed by atoms with Crippen LogP contribution in [0.25, 0.3) is 6.08 Å². The lowest BCUT2D eigenvalue weighted by Crippen LogP contribution is -2.27. The molecule has 2 aromatic carbocycles. The Morgan fingerprint density at radius 3 is 2.31 bits per heavy atom. The molecule has 0 saturated carbocycles. The molecule has 0 aliphatic carbocycles. The van der Waals surface area contributed by atoms with Crippen LogP contribution in [0.5, 0.6) is 0 Å². The maximum absolute atomic E-state index is 12.4. The molecule has 2 N–H and O–H groups in total. The Labute approximate surface area is 170 Å². The van der Waals surface area contributed by atoms with Gasteiger partial charge in [0.05, 0.1) is 17.1 Å². The monoisotopic (exact) mass is 407 g/mol. The summed E-state index contributed by atoms with van der Waals surface area (Å²) in [5.41, 5.74) is 2.34. The third-order valence-corrected chi connectivity index (χ3v) is 5.14. The number of aromatic nitrogens is 1. The zero-order valence-corrected chi connectivity index (χ0v) is 16.6. The molecule has 1 atom stereocenters. The molecule has 1 unspecified atom stereocenters. The van der Waals surface area contributed by atoms with Crippen LogP contribution in [-0.4, -0.2) is 19.3 Å². The molecule has 1 amide bonds. The van der Waals surface area contributed by atoms with Gasteiger partial charge in [0.25, 0.3) is 15.9 Å². The quantitative estimate of drug-likeness (QED) is 0.620. The van der Waals surface area contributed by atoms with Gasteiger partial charge in [0, 0.05) is 17.4 Å². The topological polar surface area (TPSA) is 88.2 Å². The van der Waals surface area contributed by atoms with Crippen molar-refractivity contribution in [3.63, 3.8) is 0 Å². The molecule has 148 valence electrons. The van der Waals surface area contributed by atoms with Crippen molar-refractivity contribution >= 4 is 27.7 Å². The number of sulfonamides is 1. The second kappa shape index (κ2) is 9.16. The first-order valence-electron chi connectivity index (χ1n) is 9.01. The van der Waals surface area contributed by atoms with Crippen molar-refractivity contribution < 1.29 is 13.2 Å². The van der Waals surface area contributed by atoms with E-state index in [1.807, 2.05) is 55.5 Å². The fraction of sp³-hybridized carbons (Fsp3) is 0.0909. The van der Waals surface area contributed by atoms with Gasteiger partial charge in [0.2, 0.25) is 0 Å². The number of rotatable bonds is 7. The normalized spacial score (nSPS) is 12.4. The molecule has 0 spiro atoms. The summed E-state index contributed by atoms with van der Waals surface area (Å²) in [5, 5.41) is 3.98. The van der Waals surface area contributed by atoms with Crippen LogP contribution in [0.15, 0.2) is 84.4 Å². The number of nitrogens with zero attached hydrogens (tertiary/aromatic N) is 1. The van der Waals surface area contributed by atoms with E-state index in [1.54, 1.807) is 30.5 Å². The molecular formula is C22H21N3O3S. The maximum Gasteiger partial charge on any atom is 0.255 e. The second-order valence-electron chi connectivity index (χ2n) is 6.39. The summed E-state index contributed by atoms with van der Waals surface area (Å²) in [5.74, 6) is -0.262. The molecular weight excluding hydrogens is 386 g/mol. The third kappa shape index (κ3) is 6.02. The van der Waals surface area contributed by atoms with Crippen LogP contribution in [0.4, 0.5) is 5.69 Å². The van der Waals surface area contributed by atoms with E-state index >= 15 is 0 Å². The number of carbonyl (C=O) groups excluding carboxylic acids is 1. The number of pyridine rings is 1. The SMILES string of the molecule is CC(NC(=O)c1ccc(NS(=O)(=O)/C=C/c2ccccc2)cc1)c1ccccn1. The van der Waals surface area contributed by atoms with E-state index in [4.69, 9.17) is 0 Å². The Bertz CT molecular complexity index is 1080. The van der Waals surface area contributed by atoms with Crippen LogP contribution in [-0.2, 0) is 10.0 Å². The van der Waals surface area contributed by atoms with Gasteiger partial charge in [-0.25, -0.2) is 8.42 Å². The van der Waals surface area contributed by atoms with Crippen molar-refractivity contribution in [1.29, 1.82) is 0 Å². The van der Waals surface area contributed by atoms with Gasteiger partial charge >= 0.3 is 0 Å². The van der Waals surface area contributed by atoms with Crippen molar-refractivity contribution in [1.82, 2.24) is 10.3 Å². The molecule has 0 aliphatic rings. The van der Waals surface area contributed by atoms with Crippen LogP contribution in [0, 0.1) is 0 Å². The smallest absolute Gasteiger partial charge is 0.255 e. The number of nitrogens with one attached hydrogen (secondary N) is 2. The maximum atomic E-state index is 12.4. The fourth-order valence-electron chi connectivity index (χ4n) is 2.61. The van der Waals surface area contributed by atoms with E-state index < -0.39 is 10.0 Å². The molecule has 3 rings (SSSR count). The van der Waals surface area contributed by atoms with Crippen molar-refractivity contribution in [2.45, 2.75) is 13.0 Å². The molecule has 6 nitrogen and oxygen atoms in total. The molecule has 0 bridgehead atoms. The van der Waals surface area contributed by atoms with E-state index in [1.165, 1.54) is 6.08 Å². The van der Waals surface area contributed by atoms with E-state index in [0.29, 0.717) is 11.3 Å². The highest BCUT2D eigenvalue weighted by molar-refractivity contribution is 7.95. The molecule has 0 radical (unpaired) electrons. The van der Waals surface area contributed by atoms with E-state index in [2.05, 4.69) is 15.0 Å². The first-order valence-corrected chi connectivity index (χ1v) is 10.6. The molecule has 1 heterocycles. The summed E-state index contributed by atoms with van der Waals surface area (Å²) >= 11 is 0. The van der Waals surface area contributed by atoms with Crippen molar-refractivity contribution in [2.24, 2.45) is 0 Å². The molecule has 7 heteroatoms.